The summed E-state index contributed by atoms with van der Waals surface area (Å²) in [5.74, 6) is -0.931. The van der Waals surface area contributed by atoms with E-state index >= 15 is 0 Å². The molecular weight excluding hydrogens is 530 g/mol. The molecule has 0 aromatic heterocycles. The number of hydrogen-bond donors (Lipinski definition) is 4. The van der Waals surface area contributed by atoms with Crippen molar-refractivity contribution in [1.29, 1.82) is 0 Å². The number of benzene rings is 4. The highest BCUT2D eigenvalue weighted by atomic mass is 16.3. The number of hydrogen-bond acceptors (Lipinski definition) is 8. The Balaban J connectivity index is 1.36. The summed E-state index contributed by atoms with van der Waals surface area (Å²) < 4.78 is 0. The van der Waals surface area contributed by atoms with E-state index in [1.165, 1.54) is 24.6 Å². The van der Waals surface area contributed by atoms with Crippen molar-refractivity contribution in [2.75, 3.05) is 20.1 Å². The van der Waals surface area contributed by atoms with Gasteiger partial charge >= 0.3 is 0 Å². The number of carbonyl (C=O) groups excluding carboxylic acids is 1. The van der Waals surface area contributed by atoms with Crippen LogP contribution in [0.25, 0.3) is 12.2 Å². The van der Waals surface area contributed by atoms with Crippen LogP contribution in [0.3, 0.4) is 0 Å². The molecule has 0 unspecified atom stereocenters. The van der Waals surface area contributed by atoms with Gasteiger partial charge in [-0.3, -0.25) is 19.7 Å². The second-order valence-electron chi connectivity index (χ2n) is 9.98. The zero-order valence-corrected chi connectivity index (χ0v) is 22.8. The predicted octanol–water partition coefficient (Wildman–Crippen LogP) is 5.99. The number of ketones is 1. The van der Waals surface area contributed by atoms with E-state index in [0.29, 0.717) is 46.7 Å². The molecular formula is C34H29N3O5. The number of para-hydroxylation sites is 2. The molecule has 0 saturated carbocycles. The number of nitrogens with zero attached hydrogens (tertiary/aromatic N) is 3. The topological polar surface area (TPSA) is 126 Å². The summed E-state index contributed by atoms with van der Waals surface area (Å²) in [7, 11) is 1.96. The Morgan fingerprint density at radius 3 is 1.52 bits per heavy atom. The second kappa shape index (κ2) is 12.4. The standard InChI is InChI=1S/C34H29N3O5/c1-37-20-26(14-22-6-2-10-28(16-22)35-18-24-8-4-12-30(38)33(24)41)32(40)27(21-37)15-23-7-3-11-29(17-23)36-19-25-9-5-13-31(39)34(25)42/h2-19,38-39,41-42H,20-21H2,1H3. The maximum absolute atomic E-state index is 13.5. The van der Waals surface area contributed by atoms with Gasteiger partial charge in [0.05, 0.1) is 11.4 Å². The Morgan fingerprint density at radius 1 is 0.643 bits per heavy atom. The van der Waals surface area contributed by atoms with Crippen LogP contribution in [0, 0.1) is 0 Å². The van der Waals surface area contributed by atoms with Gasteiger partial charge in [0.1, 0.15) is 0 Å². The van der Waals surface area contributed by atoms with Crippen LogP contribution in [0.5, 0.6) is 23.0 Å². The van der Waals surface area contributed by atoms with Crippen molar-refractivity contribution in [3.63, 3.8) is 0 Å². The van der Waals surface area contributed by atoms with Gasteiger partial charge in [0.25, 0.3) is 0 Å². The minimum Gasteiger partial charge on any atom is -0.504 e. The smallest absolute Gasteiger partial charge is 0.187 e. The quantitative estimate of drug-likeness (QED) is 0.131. The molecule has 1 fully saturated rings. The van der Waals surface area contributed by atoms with Crippen molar-refractivity contribution in [2.45, 2.75) is 0 Å². The van der Waals surface area contributed by atoms with Crippen molar-refractivity contribution in [3.8, 4) is 23.0 Å². The number of aliphatic imine (C=N–C) groups is 2. The van der Waals surface area contributed by atoms with Crippen LogP contribution < -0.4 is 0 Å². The van der Waals surface area contributed by atoms with Gasteiger partial charge in [0.2, 0.25) is 0 Å². The highest BCUT2D eigenvalue weighted by Gasteiger charge is 2.24. The zero-order chi connectivity index (χ0) is 29.6. The van der Waals surface area contributed by atoms with Gasteiger partial charge in [-0.15, -0.1) is 0 Å². The third kappa shape index (κ3) is 6.63. The van der Waals surface area contributed by atoms with Crippen LogP contribution in [0.1, 0.15) is 22.3 Å². The number of aromatic hydroxyl groups is 4. The molecule has 0 amide bonds. The molecule has 4 aromatic carbocycles. The number of Topliss-reactive ketones (excluding diaryl/α,β-unsaturated/α-hetero) is 1. The summed E-state index contributed by atoms with van der Waals surface area (Å²) in [5, 5.41) is 39.4. The van der Waals surface area contributed by atoms with Crippen LogP contribution in [0.4, 0.5) is 11.4 Å². The summed E-state index contributed by atoms with van der Waals surface area (Å²) in [5.41, 5.74) is 4.98. The van der Waals surface area contributed by atoms with E-state index in [1.54, 1.807) is 24.3 Å². The van der Waals surface area contributed by atoms with Gasteiger partial charge in [0.15, 0.2) is 28.8 Å². The van der Waals surface area contributed by atoms with E-state index in [0.717, 1.165) is 11.1 Å². The van der Waals surface area contributed by atoms with E-state index < -0.39 is 0 Å². The first-order chi connectivity index (χ1) is 20.3. The lowest BCUT2D eigenvalue weighted by atomic mass is 9.94. The Morgan fingerprint density at radius 2 is 1.07 bits per heavy atom. The molecule has 1 heterocycles. The summed E-state index contributed by atoms with van der Waals surface area (Å²) in [6, 6.07) is 24.2. The molecule has 0 bridgehead atoms. The molecule has 0 atom stereocenters. The molecule has 210 valence electrons. The molecule has 5 rings (SSSR count). The van der Waals surface area contributed by atoms with Crippen LogP contribution in [0.15, 0.2) is 106 Å². The van der Waals surface area contributed by atoms with E-state index in [-0.39, 0.29) is 28.8 Å². The Kier molecular flexibility index (Phi) is 8.27. The fourth-order valence-corrected chi connectivity index (χ4v) is 4.60. The minimum atomic E-state index is -0.234. The third-order valence-corrected chi connectivity index (χ3v) is 6.68. The number of phenols is 4. The monoisotopic (exact) mass is 559 g/mol. The van der Waals surface area contributed by atoms with Gasteiger partial charge in [-0.25, -0.2) is 0 Å². The zero-order valence-electron chi connectivity index (χ0n) is 22.8. The van der Waals surface area contributed by atoms with Crippen molar-refractivity contribution < 1.29 is 25.2 Å². The molecule has 1 aliphatic heterocycles. The van der Waals surface area contributed by atoms with Crippen LogP contribution in [0.2, 0.25) is 0 Å². The Bertz CT molecular complexity index is 1640. The van der Waals surface area contributed by atoms with E-state index in [4.69, 9.17) is 0 Å². The largest absolute Gasteiger partial charge is 0.504 e. The number of phenolic OH excluding ortho intramolecular Hbond substituents is 4. The third-order valence-electron chi connectivity index (χ3n) is 6.68. The molecule has 0 spiro atoms. The number of piperidine rings is 1. The van der Waals surface area contributed by atoms with E-state index in [9.17, 15) is 25.2 Å². The highest BCUT2D eigenvalue weighted by Crippen LogP contribution is 2.29. The summed E-state index contributed by atoms with van der Waals surface area (Å²) in [4.78, 5) is 24.4. The van der Waals surface area contributed by atoms with E-state index in [2.05, 4.69) is 14.9 Å². The predicted molar refractivity (Wildman–Crippen MR) is 165 cm³/mol. The maximum atomic E-state index is 13.5. The SMILES string of the molecule is CN1CC(=Cc2cccc(N=Cc3cccc(O)c3O)c2)C(=O)C(=Cc2cccc(N=Cc3cccc(O)c3O)c2)C1. The first kappa shape index (κ1) is 28.1. The molecule has 0 radical (unpaired) electrons. The molecule has 4 N–H and O–H groups in total. The number of likely N-dealkylation sites (tertiary alicyclic amines) is 1. The van der Waals surface area contributed by atoms with Crippen molar-refractivity contribution in [3.05, 3.63) is 118 Å². The Hall–Kier alpha value is -5.47. The molecule has 4 aromatic rings. The normalized spacial score (nSPS) is 16.3. The van der Waals surface area contributed by atoms with Gasteiger partial charge in [-0.1, -0.05) is 36.4 Å². The van der Waals surface area contributed by atoms with Gasteiger partial charge in [-0.05, 0) is 78.9 Å². The Labute approximate surface area is 243 Å². The minimum absolute atomic E-state index is 0.0368. The number of rotatable bonds is 6. The summed E-state index contributed by atoms with van der Waals surface area (Å²) in [6.45, 7) is 0.997. The average molecular weight is 560 g/mol. The molecule has 8 nitrogen and oxygen atoms in total. The van der Waals surface area contributed by atoms with Crippen LogP contribution in [-0.2, 0) is 4.79 Å². The summed E-state index contributed by atoms with van der Waals surface area (Å²) in [6.07, 6.45) is 6.68. The molecule has 1 aliphatic rings. The fourth-order valence-electron chi connectivity index (χ4n) is 4.60. The lowest BCUT2D eigenvalue weighted by Crippen LogP contribution is -2.34. The maximum Gasteiger partial charge on any atom is 0.187 e. The first-order valence-electron chi connectivity index (χ1n) is 13.2. The van der Waals surface area contributed by atoms with Gasteiger partial charge < -0.3 is 20.4 Å². The van der Waals surface area contributed by atoms with Gasteiger partial charge in [0, 0.05) is 47.8 Å². The molecule has 1 saturated heterocycles. The number of likely N-dealkylation sites (N-methyl/N-ethyl adjacent to an activating group) is 1. The van der Waals surface area contributed by atoms with Crippen molar-refractivity contribution >= 4 is 41.7 Å². The van der Waals surface area contributed by atoms with Gasteiger partial charge in [-0.2, -0.15) is 0 Å². The molecule has 8 heteroatoms. The number of carbonyl (C=O) groups is 1. The van der Waals surface area contributed by atoms with Crippen LogP contribution >= 0.6 is 0 Å². The lowest BCUT2D eigenvalue weighted by Gasteiger charge is -2.26. The summed E-state index contributed by atoms with van der Waals surface area (Å²) >= 11 is 0. The molecule has 42 heavy (non-hydrogen) atoms. The first-order valence-corrected chi connectivity index (χ1v) is 13.2. The fraction of sp³-hybridized carbons (Fsp3) is 0.0882. The van der Waals surface area contributed by atoms with Crippen LogP contribution in [-0.4, -0.2) is 63.7 Å². The van der Waals surface area contributed by atoms with Crippen molar-refractivity contribution in [2.24, 2.45) is 9.98 Å². The highest BCUT2D eigenvalue weighted by molar-refractivity contribution is 6.14. The second-order valence-corrected chi connectivity index (χ2v) is 9.98. The van der Waals surface area contributed by atoms with Crippen molar-refractivity contribution in [1.82, 2.24) is 4.90 Å². The van der Waals surface area contributed by atoms with E-state index in [1.807, 2.05) is 67.7 Å². The average Bonchev–Trinajstić information content (AvgIpc) is 2.97. The lowest BCUT2D eigenvalue weighted by molar-refractivity contribution is -0.113. The molecule has 0 aliphatic carbocycles.